The van der Waals surface area contributed by atoms with E-state index < -0.39 is 0 Å². The zero-order valence-corrected chi connectivity index (χ0v) is 12.4. The first kappa shape index (κ1) is 13.6. The minimum atomic E-state index is -0.267. The molecule has 3 aromatic carbocycles. The monoisotopic (exact) mass is 301 g/mol. The number of para-hydroxylation sites is 3. The summed E-state index contributed by atoms with van der Waals surface area (Å²) >= 11 is 0. The summed E-state index contributed by atoms with van der Waals surface area (Å²) in [4.78, 5) is 0. The van der Waals surface area contributed by atoms with Crippen LogP contribution >= 0.6 is 0 Å². The van der Waals surface area contributed by atoms with Crippen molar-refractivity contribution in [1.82, 2.24) is 0 Å². The molecule has 0 radical (unpaired) electrons. The molecule has 112 valence electrons. The van der Waals surface area contributed by atoms with E-state index in [4.69, 9.17) is 14.9 Å². The van der Waals surface area contributed by atoms with Crippen molar-refractivity contribution < 1.29 is 9.47 Å². The highest BCUT2D eigenvalue weighted by atomic mass is 16.5. The van der Waals surface area contributed by atoms with E-state index in [1.54, 1.807) is 0 Å². The van der Waals surface area contributed by atoms with Gasteiger partial charge in [-0.3, -0.25) is 5.41 Å². The normalized spacial score (nSPS) is 12.7. The van der Waals surface area contributed by atoms with Crippen LogP contribution in [0.15, 0.2) is 78.9 Å². The van der Waals surface area contributed by atoms with E-state index in [9.17, 15) is 0 Å². The molecule has 3 nitrogen and oxygen atoms in total. The molecule has 0 aliphatic carbocycles. The average molecular weight is 301 g/mol. The van der Waals surface area contributed by atoms with Crippen molar-refractivity contribution in [3.63, 3.8) is 0 Å². The van der Waals surface area contributed by atoms with E-state index in [0.29, 0.717) is 5.75 Å². The van der Waals surface area contributed by atoms with Gasteiger partial charge in [0.25, 0.3) is 0 Å². The van der Waals surface area contributed by atoms with E-state index in [0.717, 1.165) is 22.6 Å². The third-order valence-corrected chi connectivity index (χ3v) is 3.91. The molecule has 0 aromatic heterocycles. The molecule has 23 heavy (non-hydrogen) atoms. The number of nitrogens with one attached hydrogen (secondary N) is 1. The SMILES string of the molecule is N=C(Oc1ccccc1)C1c2ccccc2Oc2ccccc21. The Balaban J connectivity index is 1.77. The largest absolute Gasteiger partial charge is 0.457 e. The maximum Gasteiger partial charge on any atom is 0.199 e. The molecule has 3 aromatic rings. The molecular formula is C20H15NO2. The second kappa shape index (κ2) is 5.61. The van der Waals surface area contributed by atoms with Crippen LogP contribution in [0.4, 0.5) is 0 Å². The third kappa shape index (κ3) is 2.46. The maximum atomic E-state index is 8.50. The number of benzene rings is 3. The van der Waals surface area contributed by atoms with Gasteiger partial charge in [0, 0.05) is 11.1 Å². The highest BCUT2D eigenvalue weighted by Crippen LogP contribution is 2.44. The van der Waals surface area contributed by atoms with Gasteiger partial charge in [0.1, 0.15) is 17.2 Å². The fraction of sp³-hybridized carbons (Fsp3) is 0.0500. The lowest BCUT2D eigenvalue weighted by Crippen LogP contribution is -2.22. The summed E-state index contributed by atoms with van der Waals surface area (Å²) in [6.07, 6.45) is 0. The summed E-state index contributed by atoms with van der Waals surface area (Å²) < 4.78 is 11.8. The maximum absolute atomic E-state index is 8.50. The van der Waals surface area contributed by atoms with Crippen LogP contribution in [-0.2, 0) is 0 Å². The highest BCUT2D eigenvalue weighted by Gasteiger charge is 2.31. The Kier molecular flexibility index (Phi) is 3.31. The number of hydrogen-bond acceptors (Lipinski definition) is 3. The smallest absolute Gasteiger partial charge is 0.199 e. The zero-order chi connectivity index (χ0) is 15.6. The van der Waals surface area contributed by atoms with E-state index >= 15 is 0 Å². The molecule has 0 amide bonds. The summed E-state index contributed by atoms with van der Waals surface area (Å²) in [5, 5.41) is 8.50. The van der Waals surface area contributed by atoms with Gasteiger partial charge in [-0.2, -0.15) is 0 Å². The van der Waals surface area contributed by atoms with Gasteiger partial charge in [-0.1, -0.05) is 54.6 Å². The van der Waals surface area contributed by atoms with Crippen LogP contribution in [0.3, 0.4) is 0 Å². The van der Waals surface area contributed by atoms with Gasteiger partial charge in [-0.25, -0.2) is 0 Å². The van der Waals surface area contributed by atoms with Gasteiger partial charge < -0.3 is 9.47 Å². The van der Waals surface area contributed by atoms with Gasteiger partial charge >= 0.3 is 0 Å². The van der Waals surface area contributed by atoms with E-state index in [1.165, 1.54) is 0 Å². The molecule has 0 atom stereocenters. The molecule has 0 saturated carbocycles. The molecule has 0 fully saturated rings. The molecule has 1 N–H and O–H groups in total. The first-order chi connectivity index (χ1) is 11.3. The molecule has 0 unspecified atom stereocenters. The van der Waals surface area contributed by atoms with Crippen molar-refractivity contribution in [2.24, 2.45) is 0 Å². The van der Waals surface area contributed by atoms with Crippen molar-refractivity contribution in [1.29, 1.82) is 5.41 Å². The minimum absolute atomic E-state index is 0.194. The van der Waals surface area contributed by atoms with Crippen LogP contribution in [0, 0.1) is 5.41 Å². The lowest BCUT2D eigenvalue weighted by molar-refractivity contribution is 0.444. The Labute approximate surface area is 134 Å². The summed E-state index contributed by atoms with van der Waals surface area (Å²) in [5.74, 6) is 2.14. The molecule has 4 rings (SSSR count). The molecule has 0 saturated heterocycles. The standard InChI is InChI=1S/C20H15NO2/c21-20(22-14-8-2-1-3-9-14)19-15-10-4-6-12-17(15)23-18-13-7-5-11-16(18)19/h1-13,19,21H. The number of hydrogen-bond donors (Lipinski definition) is 1. The Hall–Kier alpha value is -3.07. The Morgan fingerprint density at radius 2 is 1.26 bits per heavy atom. The predicted octanol–water partition coefficient (Wildman–Crippen LogP) is 4.98. The lowest BCUT2D eigenvalue weighted by atomic mass is 9.88. The quantitative estimate of drug-likeness (QED) is 0.536. The topological polar surface area (TPSA) is 42.3 Å². The molecular weight excluding hydrogens is 286 g/mol. The van der Waals surface area contributed by atoms with Crippen LogP contribution < -0.4 is 9.47 Å². The minimum Gasteiger partial charge on any atom is -0.457 e. The molecule has 0 bridgehead atoms. The summed E-state index contributed by atoms with van der Waals surface area (Å²) in [7, 11) is 0. The van der Waals surface area contributed by atoms with Crippen molar-refractivity contribution in [3.05, 3.63) is 90.0 Å². The van der Waals surface area contributed by atoms with E-state index in [-0.39, 0.29) is 11.8 Å². The molecule has 0 spiro atoms. The van der Waals surface area contributed by atoms with Gasteiger partial charge in [0.15, 0.2) is 5.90 Å². The van der Waals surface area contributed by atoms with Crippen molar-refractivity contribution in [2.45, 2.75) is 5.92 Å². The average Bonchev–Trinajstić information content (AvgIpc) is 2.60. The van der Waals surface area contributed by atoms with Gasteiger partial charge in [-0.15, -0.1) is 0 Å². The predicted molar refractivity (Wildman–Crippen MR) is 89.6 cm³/mol. The fourth-order valence-electron chi connectivity index (χ4n) is 2.87. The van der Waals surface area contributed by atoms with Gasteiger partial charge in [0.05, 0.1) is 5.92 Å². The van der Waals surface area contributed by atoms with Crippen LogP contribution in [0.5, 0.6) is 17.2 Å². The number of rotatable bonds is 2. The molecule has 1 heterocycles. The lowest BCUT2D eigenvalue weighted by Gasteiger charge is -2.28. The molecule has 1 aliphatic heterocycles. The Morgan fingerprint density at radius 3 is 1.87 bits per heavy atom. The summed E-state index contributed by atoms with van der Waals surface area (Å²) in [5.41, 5.74) is 1.90. The molecule has 1 aliphatic rings. The van der Waals surface area contributed by atoms with Crippen LogP contribution in [0.25, 0.3) is 0 Å². The van der Waals surface area contributed by atoms with Crippen molar-refractivity contribution in [2.75, 3.05) is 0 Å². The van der Waals surface area contributed by atoms with Crippen molar-refractivity contribution >= 4 is 5.90 Å². The fourth-order valence-corrected chi connectivity index (χ4v) is 2.87. The third-order valence-electron chi connectivity index (χ3n) is 3.91. The molecule has 3 heteroatoms. The first-order valence-corrected chi connectivity index (χ1v) is 7.50. The van der Waals surface area contributed by atoms with E-state index in [2.05, 4.69) is 0 Å². The van der Waals surface area contributed by atoms with Gasteiger partial charge in [0.2, 0.25) is 0 Å². The Morgan fingerprint density at radius 1 is 0.739 bits per heavy atom. The number of ether oxygens (including phenoxy) is 2. The first-order valence-electron chi connectivity index (χ1n) is 7.50. The summed E-state index contributed by atoms with van der Waals surface area (Å²) in [6, 6.07) is 25.0. The number of fused-ring (bicyclic) bond motifs is 2. The van der Waals surface area contributed by atoms with Crippen molar-refractivity contribution in [3.8, 4) is 17.2 Å². The Bertz CT molecular complexity index is 813. The summed E-state index contributed by atoms with van der Waals surface area (Å²) in [6.45, 7) is 0. The van der Waals surface area contributed by atoms with Gasteiger partial charge in [-0.05, 0) is 24.3 Å². The second-order valence-electron chi connectivity index (χ2n) is 5.39. The van der Waals surface area contributed by atoms with Crippen LogP contribution in [0.1, 0.15) is 17.0 Å². The highest BCUT2D eigenvalue weighted by molar-refractivity contribution is 5.89. The zero-order valence-electron chi connectivity index (χ0n) is 12.4. The van der Waals surface area contributed by atoms with E-state index in [1.807, 2.05) is 78.9 Å². The van der Waals surface area contributed by atoms with Crippen LogP contribution in [0.2, 0.25) is 0 Å². The second-order valence-corrected chi connectivity index (χ2v) is 5.39. The van der Waals surface area contributed by atoms with Crippen LogP contribution in [-0.4, -0.2) is 5.90 Å².